The van der Waals surface area contributed by atoms with Crippen molar-refractivity contribution in [1.82, 2.24) is 9.47 Å². The number of thiophene rings is 1. The van der Waals surface area contributed by atoms with E-state index in [1.165, 1.54) is 4.88 Å². The maximum atomic E-state index is 13.1. The Hall–Kier alpha value is -2.73. The van der Waals surface area contributed by atoms with E-state index in [2.05, 4.69) is 29.0 Å². The summed E-state index contributed by atoms with van der Waals surface area (Å²) in [6.45, 7) is 6.52. The molecule has 4 rings (SSSR count). The van der Waals surface area contributed by atoms with E-state index >= 15 is 0 Å². The van der Waals surface area contributed by atoms with Crippen LogP contribution in [0.25, 0.3) is 0 Å². The van der Waals surface area contributed by atoms with Gasteiger partial charge in [-0.2, -0.15) is 0 Å². The van der Waals surface area contributed by atoms with Crippen molar-refractivity contribution < 1.29 is 14.3 Å². The van der Waals surface area contributed by atoms with Crippen LogP contribution in [-0.2, 0) is 13.1 Å². The van der Waals surface area contributed by atoms with Crippen LogP contribution in [0, 0.1) is 13.8 Å². The van der Waals surface area contributed by atoms with E-state index in [0.717, 1.165) is 40.6 Å². The van der Waals surface area contributed by atoms with Gasteiger partial charge < -0.3 is 18.9 Å². The van der Waals surface area contributed by atoms with Crippen LogP contribution in [0.2, 0.25) is 0 Å². The number of amides is 1. The largest absolute Gasteiger partial charge is 0.486 e. The average molecular weight is 397 g/mol. The summed E-state index contributed by atoms with van der Waals surface area (Å²) in [5.74, 6) is 1.54. The molecular weight excluding hydrogens is 372 g/mol. The lowest BCUT2D eigenvalue weighted by Crippen LogP contribution is -2.26. The molecule has 0 saturated heterocycles. The van der Waals surface area contributed by atoms with Crippen LogP contribution in [0.3, 0.4) is 0 Å². The van der Waals surface area contributed by atoms with Crippen LogP contribution in [-0.4, -0.2) is 35.6 Å². The Morgan fingerprint density at radius 1 is 1.14 bits per heavy atom. The highest BCUT2D eigenvalue weighted by molar-refractivity contribution is 7.09. The molecule has 0 spiro atoms. The second-order valence-electron chi connectivity index (χ2n) is 7.09. The number of nitrogens with zero attached hydrogens (tertiary/aromatic N) is 2. The Labute approximate surface area is 169 Å². The Kier molecular flexibility index (Phi) is 5.13. The molecule has 3 aromatic rings. The summed E-state index contributed by atoms with van der Waals surface area (Å²) in [6.07, 6.45) is 0. The number of aryl methyl sites for hydroxylation is 1. The molecule has 0 atom stereocenters. The van der Waals surface area contributed by atoms with Crippen molar-refractivity contribution in [2.75, 3.05) is 20.3 Å². The second-order valence-corrected chi connectivity index (χ2v) is 8.12. The molecule has 1 aromatic carbocycles. The third kappa shape index (κ3) is 3.64. The van der Waals surface area contributed by atoms with Gasteiger partial charge in [0.1, 0.15) is 13.2 Å². The number of fused-ring (bicyclic) bond motifs is 1. The van der Waals surface area contributed by atoms with Crippen molar-refractivity contribution in [3.8, 4) is 11.5 Å². The highest BCUT2D eigenvalue weighted by atomic mass is 32.1. The molecule has 0 saturated carbocycles. The molecule has 1 amide bonds. The van der Waals surface area contributed by atoms with Gasteiger partial charge in [-0.25, -0.2) is 0 Å². The Morgan fingerprint density at radius 2 is 1.93 bits per heavy atom. The number of benzene rings is 1. The Balaban J connectivity index is 1.51. The van der Waals surface area contributed by atoms with E-state index in [-0.39, 0.29) is 5.91 Å². The quantitative estimate of drug-likeness (QED) is 0.647. The molecule has 146 valence electrons. The van der Waals surface area contributed by atoms with Crippen LogP contribution < -0.4 is 9.47 Å². The monoisotopic (exact) mass is 396 g/mol. The topological polar surface area (TPSA) is 43.7 Å². The van der Waals surface area contributed by atoms with Crippen molar-refractivity contribution in [1.29, 1.82) is 0 Å². The van der Waals surface area contributed by atoms with Crippen LogP contribution >= 0.6 is 11.3 Å². The van der Waals surface area contributed by atoms with Crippen LogP contribution in [0.4, 0.5) is 0 Å². The lowest BCUT2D eigenvalue weighted by Gasteiger charge is -2.21. The summed E-state index contributed by atoms with van der Waals surface area (Å²) in [5.41, 5.74) is 3.88. The minimum atomic E-state index is 0.0282. The van der Waals surface area contributed by atoms with E-state index in [0.29, 0.717) is 19.8 Å². The molecule has 0 fully saturated rings. The van der Waals surface area contributed by atoms with Gasteiger partial charge in [-0.05, 0) is 49.1 Å². The van der Waals surface area contributed by atoms with Gasteiger partial charge in [-0.3, -0.25) is 4.79 Å². The molecule has 0 unspecified atom stereocenters. The zero-order valence-corrected chi connectivity index (χ0v) is 17.2. The van der Waals surface area contributed by atoms with E-state index < -0.39 is 0 Å². The molecule has 0 N–H and O–H groups in total. The third-order valence-corrected chi connectivity index (χ3v) is 5.93. The molecule has 3 heterocycles. The minimum absolute atomic E-state index is 0.0282. The van der Waals surface area contributed by atoms with Gasteiger partial charge in [0, 0.05) is 29.9 Å². The van der Waals surface area contributed by atoms with Gasteiger partial charge in [-0.15, -0.1) is 11.3 Å². The van der Waals surface area contributed by atoms with Crippen molar-refractivity contribution in [3.05, 3.63) is 69.2 Å². The molecule has 6 heteroatoms. The summed E-state index contributed by atoms with van der Waals surface area (Å²) >= 11 is 1.73. The van der Waals surface area contributed by atoms with Gasteiger partial charge in [0.25, 0.3) is 5.91 Å². The van der Waals surface area contributed by atoms with Crippen molar-refractivity contribution >= 4 is 17.2 Å². The number of rotatable bonds is 5. The molecule has 0 aliphatic carbocycles. The zero-order valence-electron chi connectivity index (χ0n) is 16.4. The standard InChI is InChI=1S/C22H24N2O3S/c1-15-11-19(16(2)24(15)14-18-5-4-10-28-18)22(25)23(3)13-17-6-7-20-21(12-17)27-9-8-26-20/h4-7,10-12H,8-9,13-14H2,1-3H3. The Morgan fingerprint density at radius 3 is 2.68 bits per heavy atom. The van der Waals surface area contributed by atoms with Gasteiger partial charge in [0.2, 0.25) is 0 Å². The molecule has 1 aliphatic heterocycles. The van der Waals surface area contributed by atoms with E-state index in [4.69, 9.17) is 9.47 Å². The first-order valence-corrected chi connectivity index (χ1v) is 10.2. The fourth-order valence-corrected chi connectivity index (χ4v) is 4.25. The summed E-state index contributed by atoms with van der Waals surface area (Å²) < 4.78 is 13.4. The van der Waals surface area contributed by atoms with E-state index in [9.17, 15) is 4.79 Å². The molecule has 0 bridgehead atoms. The first-order valence-electron chi connectivity index (χ1n) is 9.36. The average Bonchev–Trinajstić information content (AvgIpc) is 3.31. The van der Waals surface area contributed by atoms with Crippen molar-refractivity contribution in [2.24, 2.45) is 0 Å². The van der Waals surface area contributed by atoms with Crippen LogP contribution in [0.15, 0.2) is 41.8 Å². The van der Waals surface area contributed by atoms with Crippen molar-refractivity contribution in [3.63, 3.8) is 0 Å². The molecule has 5 nitrogen and oxygen atoms in total. The zero-order chi connectivity index (χ0) is 19.7. The van der Waals surface area contributed by atoms with Crippen molar-refractivity contribution in [2.45, 2.75) is 26.9 Å². The van der Waals surface area contributed by atoms with E-state index in [1.807, 2.05) is 38.2 Å². The number of carbonyl (C=O) groups excluding carboxylic acids is 1. The second kappa shape index (κ2) is 7.72. The predicted molar refractivity (Wildman–Crippen MR) is 111 cm³/mol. The molecule has 28 heavy (non-hydrogen) atoms. The molecular formula is C22H24N2O3S. The normalized spacial score (nSPS) is 12.8. The first kappa shape index (κ1) is 18.6. The van der Waals surface area contributed by atoms with E-state index in [1.54, 1.807) is 16.2 Å². The number of hydrogen-bond donors (Lipinski definition) is 0. The smallest absolute Gasteiger partial charge is 0.255 e. The third-order valence-electron chi connectivity index (χ3n) is 5.07. The predicted octanol–water partition coefficient (Wildman–Crippen LogP) is 4.26. The highest BCUT2D eigenvalue weighted by Crippen LogP contribution is 2.31. The van der Waals surface area contributed by atoms with Gasteiger partial charge in [0.15, 0.2) is 11.5 Å². The van der Waals surface area contributed by atoms with Gasteiger partial charge in [-0.1, -0.05) is 12.1 Å². The fraction of sp³-hybridized carbons (Fsp3) is 0.318. The summed E-state index contributed by atoms with van der Waals surface area (Å²) in [4.78, 5) is 16.1. The number of aromatic nitrogens is 1. The fourth-order valence-electron chi connectivity index (χ4n) is 3.56. The number of hydrogen-bond acceptors (Lipinski definition) is 4. The van der Waals surface area contributed by atoms with Gasteiger partial charge in [0.05, 0.1) is 12.1 Å². The minimum Gasteiger partial charge on any atom is -0.486 e. The lowest BCUT2D eigenvalue weighted by molar-refractivity contribution is 0.0784. The summed E-state index contributed by atoms with van der Waals surface area (Å²) in [5, 5.41) is 2.08. The first-order chi connectivity index (χ1) is 13.5. The SMILES string of the molecule is Cc1cc(C(=O)N(C)Cc2ccc3c(c2)OCCO3)c(C)n1Cc1cccs1. The molecule has 1 aliphatic rings. The molecule has 0 radical (unpaired) electrons. The maximum absolute atomic E-state index is 13.1. The maximum Gasteiger partial charge on any atom is 0.255 e. The summed E-state index contributed by atoms with van der Waals surface area (Å²) in [7, 11) is 1.84. The molecule has 2 aromatic heterocycles. The highest BCUT2D eigenvalue weighted by Gasteiger charge is 2.20. The number of ether oxygens (including phenoxy) is 2. The van der Waals surface area contributed by atoms with Gasteiger partial charge >= 0.3 is 0 Å². The lowest BCUT2D eigenvalue weighted by atomic mass is 10.1. The van der Waals surface area contributed by atoms with Crippen LogP contribution in [0.1, 0.15) is 32.2 Å². The Bertz CT molecular complexity index is 992. The summed E-state index contributed by atoms with van der Waals surface area (Å²) in [6, 6.07) is 12.0. The number of carbonyl (C=O) groups is 1. The van der Waals surface area contributed by atoms with Crippen LogP contribution in [0.5, 0.6) is 11.5 Å².